The maximum atomic E-state index is 12.8. The second-order valence-corrected chi connectivity index (χ2v) is 7.03. The maximum absolute atomic E-state index is 12.8. The number of aromatic nitrogens is 4. The van der Waals surface area contributed by atoms with Gasteiger partial charge in [-0.15, -0.1) is 0 Å². The van der Waals surface area contributed by atoms with Crippen molar-refractivity contribution in [3.05, 3.63) is 68.2 Å². The van der Waals surface area contributed by atoms with E-state index in [1.165, 1.54) is 6.07 Å². The van der Waals surface area contributed by atoms with E-state index in [2.05, 4.69) is 15.5 Å². The molecule has 1 N–H and O–H groups in total. The number of fused-ring (bicyclic) bond motifs is 1. The highest BCUT2D eigenvalue weighted by molar-refractivity contribution is 6.30. The lowest BCUT2D eigenvalue weighted by atomic mass is 10.2. The minimum Gasteiger partial charge on any atom is -0.305 e. The van der Waals surface area contributed by atoms with Gasteiger partial charge < -0.3 is 5.32 Å². The number of amides is 1. The predicted octanol–water partition coefficient (Wildman–Crippen LogP) is 2.67. The fourth-order valence-electron chi connectivity index (χ4n) is 3.39. The molecule has 0 atom stereocenters. The zero-order valence-electron chi connectivity index (χ0n) is 15.0. The minimum absolute atomic E-state index is 0.163. The smallest absolute Gasteiger partial charge is 0.281 e. The standard InChI is InChI=1S/C19H18ClN5O2/c1-11-10-16(26)17(23-25(11)13-8-6-12(20)7-9-13)19(27)21-18-14-4-3-5-15(14)22-24(18)2/h6-10H,3-5H2,1-2H3,(H,21,27). The van der Waals surface area contributed by atoms with Crippen LogP contribution in [0.2, 0.25) is 5.02 Å². The average Bonchev–Trinajstić information content (AvgIpc) is 3.18. The third-order valence-electron chi connectivity index (χ3n) is 4.69. The van der Waals surface area contributed by atoms with Crippen LogP contribution < -0.4 is 10.7 Å². The molecule has 8 heteroatoms. The van der Waals surface area contributed by atoms with Crippen LogP contribution in [-0.4, -0.2) is 25.5 Å². The SMILES string of the molecule is Cc1cc(=O)c(C(=O)Nc2c3c(nn2C)CCC3)nn1-c1ccc(Cl)cc1. The van der Waals surface area contributed by atoms with Gasteiger partial charge in [-0.3, -0.25) is 14.3 Å². The number of aryl methyl sites for hydroxylation is 3. The zero-order chi connectivity index (χ0) is 19.1. The molecule has 4 rings (SSSR count). The molecule has 1 amide bonds. The van der Waals surface area contributed by atoms with Crippen LogP contribution in [0, 0.1) is 6.92 Å². The van der Waals surface area contributed by atoms with Gasteiger partial charge in [0.15, 0.2) is 5.69 Å². The number of benzene rings is 1. The molecule has 1 aliphatic carbocycles. The van der Waals surface area contributed by atoms with E-state index >= 15 is 0 Å². The summed E-state index contributed by atoms with van der Waals surface area (Å²) in [5.74, 6) is 0.0905. The van der Waals surface area contributed by atoms with Crippen molar-refractivity contribution in [2.45, 2.75) is 26.2 Å². The summed E-state index contributed by atoms with van der Waals surface area (Å²) in [4.78, 5) is 25.2. The molecule has 2 aromatic heterocycles. The van der Waals surface area contributed by atoms with Gasteiger partial charge in [0.05, 0.1) is 11.4 Å². The van der Waals surface area contributed by atoms with Crippen molar-refractivity contribution in [2.24, 2.45) is 7.05 Å². The quantitative estimate of drug-likeness (QED) is 0.753. The topological polar surface area (TPSA) is 81.8 Å². The van der Waals surface area contributed by atoms with Gasteiger partial charge in [0.2, 0.25) is 5.43 Å². The number of nitrogens with zero attached hydrogens (tertiary/aromatic N) is 4. The summed E-state index contributed by atoms with van der Waals surface area (Å²) in [5, 5.41) is 12.1. The maximum Gasteiger partial charge on any atom is 0.281 e. The molecule has 0 saturated carbocycles. The van der Waals surface area contributed by atoms with Gasteiger partial charge in [0.1, 0.15) is 5.82 Å². The molecule has 3 aromatic rings. The van der Waals surface area contributed by atoms with Crippen molar-refractivity contribution >= 4 is 23.3 Å². The van der Waals surface area contributed by atoms with Crippen molar-refractivity contribution in [3.8, 4) is 5.69 Å². The van der Waals surface area contributed by atoms with E-state index < -0.39 is 11.3 Å². The fraction of sp³-hybridized carbons (Fsp3) is 0.263. The van der Waals surface area contributed by atoms with E-state index in [0.717, 1.165) is 30.5 Å². The van der Waals surface area contributed by atoms with Gasteiger partial charge in [0.25, 0.3) is 5.91 Å². The van der Waals surface area contributed by atoms with Crippen LogP contribution in [0.5, 0.6) is 0 Å². The molecular weight excluding hydrogens is 366 g/mol. The van der Waals surface area contributed by atoms with Crippen LogP contribution >= 0.6 is 11.6 Å². The highest BCUT2D eigenvalue weighted by Gasteiger charge is 2.24. The van der Waals surface area contributed by atoms with E-state index in [4.69, 9.17) is 11.6 Å². The van der Waals surface area contributed by atoms with Crippen molar-refractivity contribution in [1.29, 1.82) is 0 Å². The zero-order valence-corrected chi connectivity index (χ0v) is 15.7. The number of carbonyl (C=O) groups is 1. The second-order valence-electron chi connectivity index (χ2n) is 6.59. The van der Waals surface area contributed by atoms with Crippen LogP contribution in [-0.2, 0) is 19.9 Å². The summed E-state index contributed by atoms with van der Waals surface area (Å²) in [6, 6.07) is 8.43. The molecule has 138 valence electrons. The molecular formula is C19H18ClN5O2. The summed E-state index contributed by atoms with van der Waals surface area (Å²) < 4.78 is 3.20. The number of hydrogen-bond acceptors (Lipinski definition) is 4. The molecule has 0 spiro atoms. The molecule has 0 saturated heterocycles. The Balaban J connectivity index is 1.71. The van der Waals surface area contributed by atoms with Crippen LogP contribution in [0.3, 0.4) is 0 Å². The predicted molar refractivity (Wildman–Crippen MR) is 103 cm³/mol. The Bertz CT molecular complexity index is 1100. The lowest BCUT2D eigenvalue weighted by Crippen LogP contribution is -2.27. The van der Waals surface area contributed by atoms with E-state index in [1.54, 1.807) is 47.6 Å². The van der Waals surface area contributed by atoms with Crippen LogP contribution in [0.4, 0.5) is 5.82 Å². The summed E-state index contributed by atoms with van der Waals surface area (Å²) >= 11 is 5.93. The van der Waals surface area contributed by atoms with Gasteiger partial charge in [-0.2, -0.15) is 10.2 Å². The highest BCUT2D eigenvalue weighted by atomic mass is 35.5. The summed E-state index contributed by atoms with van der Waals surface area (Å²) in [7, 11) is 1.78. The number of rotatable bonds is 3. The molecule has 1 aliphatic rings. The number of hydrogen-bond donors (Lipinski definition) is 1. The van der Waals surface area contributed by atoms with Crippen LogP contribution in [0.15, 0.2) is 35.1 Å². The molecule has 0 bridgehead atoms. The van der Waals surface area contributed by atoms with Gasteiger partial charge in [-0.05, 0) is 50.5 Å². The van der Waals surface area contributed by atoms with Gasteiger partial charge in [-0.1, -0.05) is 11.6 Å². The molecule has 27 heavy (non-hydrogen) atoms. The van der Waals surface area contributed by atoms with Gasteiger partial charge in [-0.25, -0.2) is 4.68 Å². The molecule has 1 aromatic carbocycles. The van der Waals surface area contributed by atoms with Crippen LogP contribution in [0.1, 0.15) is 33.9 Å². The molecule has 7 nitrogen and oxygen atoms in total. The first-order chi connectivity index (χ1) is 12.9. The number of halogens is 1. The minimum atomic E-state index is -0.541. The molecule has 2 heterocycles. The Morgan fingerprint density at radius 1 is 1.19 bits per heavy atom. The Morgan fingerprint density at radius 2 is 1.93 bits per heavy atom. The second kappa shape index (κ2) is 6.66. The number of carbonyl (C=O) groups excluding carboxylic acids is 1. The Labute approximate surface area is 160 Å². The number of nitrogens with one attached hydrogen (secondary N) is 1. The largest absolute Gasteiger partial charge is 0.305 e. The van der Waals surface area contributed by atoms with E-state index in [-0.39, 0.29) is 5.69 Å². The lowest BCUT2D eigenvalue weighted by Gasteiger charge is -2.12. The Morgan fingerprint density at radius 3 is 2.67 bits per heavy atom. The van der Waals surface area contributed by atoms with Crippen molar-refractivity contribution < 1.29 is 4.79 Å². The lowest BCUT2D eigenvalue weighted by molar-refractivity contribution is 0.101. The monoisotopic (exact) mass is 383 g/mol. The highest BCUT2D eigenvalue weighted by Crippen LogP contribution is 2.28. The average molecular weight is 384 g/mol. The molecule has 0 radical (unpaired) electrons. The summed E-state index contributed by atoms with van der Waals surface area (Å²) in [6.07, 6.45) is 2.80. The van der Waals surface area contributed by atoms with E-state index in [0.29, 0.717) is 22.2 Å². The molecule has 0 aliphatic heterocycles. The first-order valence-electron chi connectivity index (χ1n) is 8.67. The Hall–Kier alpha value is -2.93. The van der Waals surface area contributed by atoms with E-state index in [9.17, 15) is 9.59 Å². The van der Waals surface area contributed by atoms with E-state index in [1.807, 2.05) is 0 Å². The Kier molecular flexibility index (Phi) is 4.31. The summed E-state index contributed by atoms with van der Waals surface area (Å²) in [6.45, 7) is 1.76. The van der Waals surface area contributed by atoms with Gasteiger partial charge >= 0.3 is 0 Å². The first-order valence-corrected chi connectivity index (χ1v) is 9.05. The fourth-order valence-corrected chi connectivity index (χ4v) is 3.52. The third-order valence-corrected chi connectivity index (χ3v) is 4.95. The first kappa shape index (κ1) is 17.5. The van der Waals surface area contributed by atoms with Gasteiger partial charge in [0, 0.05) is 29.4 Å². The van der Waals surface area contributed by atoms with Crippen molar-refractivity contribution in [2.75, 3.05) is 5.32 Å². The van der Waals surface area contributed by atoms with Crippen molar-refractivity contribution in [3.63, 3.8) is 0 Å². The number of anilines is 1. The normalized spacial score (nSPS) is 12.9. The van der Waals surface area contributed by atoms with Crippen LogP contribution in [0.25, 0.3) is 5.69 Å². The van der Waals surface area contributed by atoms with Crippen molar-refractivity contribution in [1.82, 2.24) is 19.6 Å². The molecule has 0 fully saturated rings. The summed E-state index contributed by atoms with van der Waals surface area (Å²) in [5.41, 5.74) is 2.80. The third kappa shape index (κ3) is 3.14. The molecule has 0 unspecified atom stereocenters.